The Bertz CT molecular complexity index is 769. The van der Waals surface area contributed by atoms with Gasteiger partial charge in [-0.1, -0.05) is 42.5 Å². The summed E-state index contributed by atoms with van der Waals surface area (Å²) in [7, 11) is 0. The highest BCUT2D eigenvalue weighted by atomic mass is 32.2. The summed E-state index contributed by atoms with van der Waals surface area (Å²) in [5.41, 5.74) is 0.982. The standard InChI is InChI=1S/C18H24N4O3S2/c1-3-4-7-19-17-21-22-18(27-17)26-11-16(23)20-12(2)13-5-6-14-15(10-13)25-9-8-24-14/h5-6,10,12H,3-4,7-9,11H2,1-2H3,(H,19,21)(H,20,23). The molecule has 0 fully saturated rings. The van der Waals surface area contributed by atoms with Crippen LogP contribution in [0.25, 0.3) is 0 Å². The molecular formula is C18H24N4O3S2. The lowest BCUT2D eigenvalue weighted by Crippen LogP contribution is -2.28. The van der Waals surface area contributed by atoms with Gasteiger partial charge in [0.1, 0.15) is 13.2 Å². The Kier molecular flexibility index (Phi) is 7.17. The highest BCUT2D eigenvalue weighted by molar-refractivity contribution is 8.01. The van der Waals surface area contributed by atoms with Gasteiger partial charge in [-0.05, 0) is 31.0 Å². The Balaban J connectivity index is 1.46. The molecule has 9 heteroatoms. The van der Waals surface area contributed by atoms with Crippen LogP contribution >= 0.6 is 23.1 Å². The maximum atomic E-state index is 12.3. The average molecular weight is 409 g/mol. The first kappa shape index (κ1) is 19.8. The molecule has 0 spiro atoms. The molecule has 1 amide bonds. The number of nitrogens with one attached hydrogen (secondary N) is 2. The van der Waals surface area contributed by atoms with Crippen LogP contribution in [0, 0.1) is 0 Å². The van der Waals surface area contributed by atoms with Crippen LogP contribution in [0.5, 0.6) is 11.5 Å². The molecular weight excluding hydrogens is 384 g/mol. The van der Waals surface area contributed by atoms with Crippen LogP contribution in [0.4, 0.5) is 5.13 Å². The van der Waals surface area contributed by atoms with Gasteiger partial charge < -0.3 is 20.1 Å². The number of aromatic nitrogens is 2. The third kappa shape index (κ3) is 5.74. The highest BCUT2D eigenvalue weighted by Crippen LogP contribution is 2.32. The van der Waals surface area contributed by atoms with Gasteiger partial charge in [0.15, 0.2) is 15.8 Å². The third-order valence-electron chi connectivity index (χ3n) is 3.98. The van der Waals surface area contributed by atoms with E-state index in [1.165, 1.54) is 23.1 Å². The first-order valence-electron chi connectivity index (χ1n) is 9.04. The SMILES string of the molecule is CCCCNc1nnc(SCC(=O)NC(C)c2ccc3c(c2)OCCO3)s1. The molecule has 146 valence electrons. The van der Waals surface area contributed by atoms with E-state index in [1.54, 1.807) is 0 Å². The molecule has 1 aromatic heterocycles. The summed E-state index contributed by atoms with van der Waals surface area (Å²) in [4.78, 5) is 12.3. The van der Waals surface area contributed by atoms with Gasteiger partial charge in [-0.2, -0.15) is 0 Å². The monoisotopic (exact) mass is 408 g/mol. The molecule has 0 saturated carbocycles. The van der Waals surface area contributed by atoms with Crippen LogP contribution in [0.15, 0.2) is 22.5 Å². The normalized spacial score (nSPS) is 13.9. The Morgan fingerprint density at radius 3 is 2.93 bits per heavy atom. The van der Waals surface area contributed by atoms with E-state index in [0.29, 0.717) is 19.0 Å². The quantitative estimate of drug-likeness (QED) is 0.485. The number of carbonyl (C=O) groups excluding carboxylic acids is 1. The minimum Gasteiger partial charge on any atom is -0.486 e. The van der Waals surface area contributed by atoms with E-state index in [2.05, 4.69) is 27.8 Å². The number of fused-ring (bicyclic) bond motifs is 1. The molecule has 1 aliphatic heterocycles. The molecule has 0 saturated heterocycles. The van der Waals surface area contributed by atoms with Gasteiger partial charge in [0.2, 0.25) is 11.0 Å². The summed E-state index contributed by atoms with van der Waals surface area (Å²) in [6.07, 6.45) is 2.23. The number of ether oxygens (including phenoxy) is 2. The summed E-state index contributed by atoms with van der Waals surface area (Å²) in [6.45, 7) is 6.11. The number of benzene rings is 1. The Morgan fingerprint density at radius 1 is 1.30 bits per heavy atom. The van der Waals surface area contributed by atoms with Crippen molar-refractivity contribution in [2.45, 2.75) is 37.1 Å². The summed E-state index contributed by atoms with van der Waals surface area (Å²) >= 11 is 2.87. The Labute approximate surface area is 167 Å². The van der Waals surface area contributed by atoms with Crippen molar-refractivity contribution in [1.82, 2.24) is 15.5 Å². The van der Waals surface area contributed by atoms with E-state index in [1.807, 2.05) is 25.1 Å². The second kappa shape index (κ2) is 9.80. The molecule has 7 nitrogen and oxygen atoms in total. The van der Waals surface area contributed by atoms with Gasteiger partial charge in [-0.3, -0.25) is 4.79 Å². The number of hydrogen-bond acceptors (Lipinski definition) is 8. The van der Waals surface area contributed by atoms with Gasteiger partial charge in [-0.15, -0.1) is 10.2 Å². The Hall–Kier alpha value is -2.00. The molecule has 0 radical (unpaired) electrons. The maximum Gasteiger partial charge on any atom is 0.230 e. The van der Waals surface area contributed by atoms with Gasteiger partial charge in [0.05, 0.1) is 11.8 Å². The molecule has 2 N–H and O–H groups in total. The van der Waals surface area contributed by atoms with Gasteiger partial charge in [0, 0.05) is 6.54 Å². The predicted molar refractivity (Wildman–Crippen MR) is 108 cm³/mol. The molecule has 1 aromatic carbocycles. The number of unbranched alkanes of at least 4 members (excludes halogenated alkanes) is 1. The van der Waals surface area contributed by atoms with E-state index in [4.69, 9.17) is 9.47 Å². The summed E-state index contributed by atoms with van der Waals surface area (Å²) < 4.78 is 11.9. The first-order chi connectivity index (χ1) is 13.2. The van der Waals surface area contributed by atoms with Gasteiger partial charge in [-0.25, -0.2) is 0 Å². The molecule has 2 heterocycles. The van der Waals surface area contributed by atoms with E-state index >= 15 is 0 Å². The summed E-state index contributed by atoms with van der Waals surface area (Å²) in [5, 5.41) is 15.3. The number of anilines is 1. The number of hydrogen-bond donors (Lipinski definition) is 2. The minimum atomic E-state index is -0.116. The van der Waals surface area contributed by atoms with Crippen LogP contribution in [0.3, 0.4) is 0 Å². The molecule has 27 heavy (non-hydrogen) atoms. The number of thioether (sulfide) groups is 1. The topological polar surface area (TPSA) is 85.4 Å². The molecule has 2 aromatic rings. The lowest BCUT2D eigenvalue weighted by molar-refractivity contribution is -0.119. The molecule has 1 atom stereocenters. The zero-order chi connectivity index (χ0) is 19.1. The fraction of sp³-hybridized carbons (Fsp3) is 0.500. The fourth-order valence-electron chi connectivity index (χ4n) is 2.53. The van der Waals surface area contributed by atoms with Crippen molar-refractivity contribution in [1.29, 1.82) is 0 Å². The number of rotatable bonds is 9. The smallest absolute Gasteiger partial charge is 0.230 e. The van der Waals surface area contributed by atoms with Crippen molar-refractivity contribution in [3.8, 4) is 11.5 Å². The fourth-order valence-corrected chi connectivity index (χ4v) is 4.12. The van der Waals surface area contributed by atoms with E-state index < -0.39 is 0 Å². The van der Waals surface area contributed by atoms with E-state index in [9.17, 15) is 4.79 Å². The van der Waals surface area contributed by atoms with Gasteiger partial charge in [0.25, 0.3) is 0 Å². The lowest BCUT2D eigenvalue weighted by atomic mass is 10.1. The van der Waals surface area contributed by atoms with Crippen molar-refractivity contribution in [3.05, 3.63) is 23.8 Å². The van der Waals surface area contributed by atoms with Crippen LogP contribution in [0.2, 0.25) is 0 Å². The van der Waals surface area contributed by atoms with Crippen LogP contribution in [-0.2, 0) is 4.79 Å². The number of carbonyl (C=O) groups is 1. The largest absolute Gasteiger partial charge is 0.486 e. The average Bonchev–Trinajstić information content (AvgIpc) is 3.14. The minimum absolute atomic E-state index is 0.0434. The van der Waals surface area contributed by atoms with E-state index in [-0.39, 0.29) is 11.9 Å². The number of nitrogens with zero attached hydrogens (tertiary/aromatic N) is 2. The number of amides is 1. The lowest BCUT2D eigenvalue weighted by Gasteiger charge is -2.21. The summed E-state index contributed by atoms with van der Waals surface area (Å²) in [5.74, 6) is 1.74. The van der Waals surface area contributed by atoms with Crippen molar-refractivity contribution >= 4 is 34.1 Å². The zero-order valence-corrected chi connectivity index (χ0v) is 17.1. The first-order valence-corrected chi connectivity index (χ1v) is 10.8. The molecule has 3 rings (SSSR count). The van der Waals surface area contributed by atoms with Crippen LogP contribution in [0.1, 0.15) is 38.3 Å². The van der Waals surface area contributed by atoms with Crippen molar-refractivity contribution in [2.75, 3.05) is 30.8 Å². The molecule has 1 aliphatic rings. The predicted octanol–water partition coefficient (Wildman–Crippen LogP) is 3.49. The van der Waals surface area contributed by atoms with E-state index in [0.717, 1.165) is 45.9 Å². The zero-order valence-electron chi connectivity index (χ0n) is 15.5. The second-order valence-corrected chi connectivity index (χ2v) is 8.33. The maximum absolute atomic E-state index is 12.3. The molecule has 0 bridgehead atoms. The van der Waals surface area contributed by atoms with Crippen molar-refractivity contribution < 1.29 is 14.3 Å². The van der Waals surface area contributed by atoms with Gasteiger partial charge >= 0.3 is 0 Å². The second-order valence-electron chi connectivity index (χ2n) is 6.13. The molecule has 1 unspecified atom stereocenters. The van der Waals surface area contributed by atoms with Crippen LogP contribution in [-0.4, -0.2) is 41.6 Å². The Morgan fingerprint density at radius 2 is 2.11 bits per heavy atom. The third-order valence-corrected chi connectivity index (χ3v) is 6.00. The highest BCUT2D eigenvalue weighted by Gasteiger charge is 2.16. The molecule has 0 aliphatic carbocycles. The van der Waals surface area contributed by atoms with Crippen molar-refractivity contribution in [3.63, 3.8) is 0 Å². The summed E-state index contributed by atoms with van der Waals surface area (Å²) in [6, 6.07) is 5.64. The van der Waals surface area contributed by atoms with Crippen LogP contribution < -0.4 is 20.1 Å². The van der Waals surface area contributed by atoms with Crippen molar-refractivity contribution in [2.24, 2.45) is 0 Å².